The van der Waals surface area contributed by atoms with E-state index in [2.05, 4.69) is 152 Å². The van der Waals surface area contributed by atoms with E-state index in [9.17, 15) is 5.11 Å². The average molecular weight is 783 g/mol. The minimum Gasteiger partial charge on any atom is -0.388 e. The Hall–Kier alpha value is -2.56. The van der Waals surface area contributed by atoms with Gasteiger partial charge in [-0.3, -0.25) is 0 Å². The van der Waals surface area contributed by atoms with Gasteiger partial charge in [0.05, 0.1) is 6.10 Å². The fraction of sp³-hybridized carbons (Fsp3) is 0.388. The van der Waals surface area contributed by atoms with Crippen molar-refractivity contribution in [3.63, 3.8) is 0 Å². The van der Waals surface area contributed by atoms with Crippen LogP contribution in [0.5, 0.6) is 0 Å². The van der Waals surface area contributed by atoms with Crippen molar-refractivity contribution >= 4 is 42.4 Å². The summed E-state index contributed by atoms with van der Waals surface area (Å²) in [6, 6.07) is 37.1. The van der Waals surface area contributed by atoms with Gasteiger partial charge < -0.3 is 5.11 Å². The van der Waals surface area contributed by atoms with Crippen LogP contribution in [-0.2, 0) is 17.1 Å². The summed E-state index contributed by atoms with van der Waals surface area (Å²) in [5.41, 5.74) is 12.0. The Balaban J connectivity index is 0.000000833. The molecule has 0 aliphatic heterocycles. The van der Waals surface area contributed by atoms with Gasteiger partial charge in [-0.25, -0.2) is 0 Å². The maximum absolute atomic E-state index is 12.7. The molecule has 1 nitrogen and oxygen atoms in total. The van der Waals surface area contributed by atoms with E-state index in [-0.39, 0.29) is 23.0 Å². The van der Waals surface area contributed by atoms with Crippen LogP contribution in [0.1, 0.15) is 108 Å². The number of benzene rings is 5. The fourth-order valence-electron chi connectivity index (χ4n) is 9.01. The van der Waals surface area contributed by atoms with Gasteiger partial charge in [0.25, 0.3) is 0 Å². The molecule has 0 amide bonds. The molecule has 5 aromatic carbocycles. The van der Waals surface area contributed by atoms with Crippen LogP contribution < -0.4 is 26.5 Å². The van der Waals surface area contributed by atoms with Crippen molar-refractivity contribution in [3.05, 3.63) is 147 Å². The van der Waals surface area contributed by atoms with E-state index < -0.39 is 21.9 Å². The van der Waals surface area contributed by atoms with Crippen LogP contribution >= 0.6 is 15.8 Å². The third-order valence-corrected chi connectivity index (χ3v) is 16.3. The molecule has 280 valence electrons. The van der Waals surface area contributed by atoms with Crippen LogP contribution in [-0.4, -0.2) is 10.8 Å². The van der Waals surface area contributed by atoms with E-state index in [1.54, 1.807) is 0 Å². The Morgan fingerprint density at radius 3 is 1.23 bits per heavy atom. The van der Waals surface area contributed by atoms with Gasteiger partial charge >= 0.3 is 0 Å². The van der Waals surface area contributed by atoms with Gasteiger partial charge in [-0.2, -0.15) is 0 Å². The van der Waals surface area contributed by atoms with Gasteiger partial charge in [-0.15, -0.1) is 0 Å². The first kappa shape index (κ1) is 41.6. The monoisotopic (exact) mass is 782 g/mol. The molecule has 2 saturated carbocycles. The van der Waals surface area contributed by atoms with Crippen molar-refractivity contribution in [2.24, 2.45) is 5.92 Å². The minimum absolute atomic E-state index is 0. The summed E-state index contributed by atoms with van der Waals surface area (Å²) in [6.45, 7) is 17.7. The SMILES string of the molecule is C1CCCC1.Cc1cc(C)cc(P(c2cc(C)cc(C)c2)c2ccccc2C(O)C2CCCC2P(c2cc(C)cc(C)c2)c2cc(C)cc(C)c2)c1.[Fe]. The van der Waals surface area contributed by atoms with Crippen LogP contribution in [0, 0.1) is 61.3 Å². The van der Waals surface area contributed by atoms with Crippen LogP contribution in [0.2, 0.25) is 0 Å². The van der Waals surface area contributed by atoms with Gasteiger partial charge in [-0.05, 0) is 128 Å². The summed E-state index contributed by atoms with van der Waals surface area (Å²) >= 11 is 0. The second-order valence-corrected chi connectivity index (χ2v) is 20.6. The number of aryl methyl sites for hydroxylation is 8. The summed E-state index contributed by atoms with van der Waals surface area (Å²) in [4.78, 5) is 0. The number of aliphatic hydroxyl groups is 1. The van der Waals surface area contributed by atoms with E-state index in [0.29, 0.717) is 5.66 Å². The molecule has 5 aromatic rings. The Kier molecular flexibility index (Phi) is 14.8. The molecule has 53 heavy (non-hydrogen) atoms. The van der Waals surface area contributed by atoms with Crippen molar-refractivity contribution in [1.29, 1.82) is 0 Å². The topological polar surface area (TPSA) is 20.2 Å². The molecule has 7 rings (SSSR count). The van der Waals surface area contributed by atoms with Crippen LogP contribution in [0.15, 0.2) is 97.1 Å². The molecule has 2 fully saturated rings. The van der Waals surface area contributed by atoms with Crippen LogP contribution in [0.25, 0.3) is 0 Å². The van der Waals surface area contributed by atoms with E-state index in [1.807, 2.05) is 0 Å². The first-order valence-electron chi connectivity index (χ1n) is 19.7. The maximum Gasteiger partial charge on any atom is 0.0830 e. The summed E-state index contributed by atoms with van der Waals surface area (Å²) < 4.78 is 0. The van der Waals surface area contributed by atoms with Gasteiger partial charge in [-0.1, -0.05) is 180 Å². The van der Waals surface area contributed by atoms with Crippen molar-refractivity contribution in [1.82, 2.24) is 0 Å². The fourth-order valence-corrected chi connectivity index (χ4v) is 15.5. The molecule has 4 heteroatoms. The normalized spacial score (nSPS) is 17.4. The molecule has 3 atom stereocenters. The van der Waals surface area contributed by atoms with Gasteiger partial charge in [0.15, 0.2) is 0 Å². The molecular formula is C49H60FeOP2. The van der Waals surface area contributed by atoms with Gasteiger partial charge in [0.2, 0.25) is 0 Å². The summed E-state index contributed by atoms with van der Waals surface area (Å²) in [6.07, 6.45) is 10.3. The molecule has 3 unspecified atom stereocenters. The van der Waals surface area contributed by atoms with E-state index in [1.165, 1.54) is 103 Å². The number of hydrogen-bond acceptors (Lipinski definition) is 1. The summed E-state index contributed by atoms with van der Waals surface area (Å²) in [5.74, 6) is 0.194. The van der Waals surface area contributed by atoms with E-state index in [0.717, 1.165) is 24.8 Å². The largest absolute Gasteiger partial charge is 0.388 e. The molecule has 0 radical (unpaired) electrons. The van der Waals surface area contributed by atoms with Crippen molar-refractivity contribution in [2.45, 2.75) is 119 Å². The van der Waals surface area contributed by atoms with Crippen molar-refractivity contribution in [3.8, 4) is 0 Å². The van der Waals surface area contributed by atoms with Crippen molar-refractivity contribution < 1.29 is 22.2 Å². The zero-order chi connectivity index (χ0) is 36.9. The molecule has 0 aromatic heterocycles. The predicted molar refractivity (Wildman–Crippen MR) is 231 cm³/mol. The number of aliphatic hydroxyl groups excluding tert-OH is 1. The molecular weight excluding hydrogens is 722 g/mol. The summed E-state index contributed by atoms with van der Waals surface area (Å²) in [5, 5.41) is 19.6. The third-order valence-electron chi connectivity index (χ3n) is 10.9. The number of rotatable bonds is 8. The third kappa shape index (κ3) is 10.4. The quantitative estimate of drug-likeness (QED) is 0.123. The zero-order valence-corrected chi connectivity index (χ0v) is 36.2. The molecule has 2 aliphatic rings. The average Bonchev–Trinajstić information content (AvgIpc) is 3.80. The molecule has 1 N–H and O–H groups in total. The van der Waals surface area contributed by atoms with E-state index >= 15 is 0 Å². The number of hydrogen-bond donors (Lipinski definition) is 1. The first-order valence-corrected chi connectivity index (χ1v) is 22.4. The molecule has 0 saturated heterocycles. The van der Waals surface area contributed by atoms with Crippen molar-refractivity contribution in [2.75, 3.05) is 0 Å². The minimum atomic E-state index is -0.868. The Morgan fingerprint density at radius 1 is 0.472 bits per heavy atom. The molecule has 2 aliphatic carbocycles. The van der Waals surface area contributed by atoms with Crippen LogP contribution in [0.4, 0.5) is 0 Å². The summed E-state index contributed by atoms with van der Waals surface area (Å²) in [7, 11) is -1.53. The standard InChI is InChI=1S/C44H50OP2.C5H10.Fe/c1-28-16-29(2)21-36(20-28)46(37-22-30(3)17-31(4)23-37)42-14-10-9-12-40(42)44(45)41-13-11-15-43(41)47(38-24-32(5)18-33(6)25-38)39-26-34(7)19-35(8)27-39;1-2-4-5-3-1;/h9-10,12,14,16-27,41,43-45H,11,13,15H2,1-8H3;1-5H2;. The second-order valence-electron chi connectivity index (χ2n) is 16.0. The van der Waals surface area contributed by atoms with Gasteiger partial charge in [0, 0.05) is 17.1 Å². The Bertz CT molecular complexity index is 1800. The molecule has 0 bridgehead atoms. The Labute approximate surface area is 334 Å². The van der Waals surface area contributed by atoms with Crippen LogP contribution in [0.3, 0.4) is 0 Å². The zero-order valence-electron chi connectivity index (χ0n) is 33.3. The molecule has 0 heterocycles. The molecule has 0 spiro atoms. The second kappa shape index (κ2) is 18.9. The first-order chi connectivity index (χ1) is 25.0. The van der Waals surface area contributed by atoms with Gasteiger partial charge in [0.1, 0.15) is 0 Å². The smallest absolute Gasteiger partial charge is 0.0830 e. The Morgan fingerprint density at radius 2 is 0.830 bits per heavy atom. The van der Waals surface area contributed by atoms with E-state index in [4.69, 9.17) is 0 Å². The maximum atomic E-state index is 12.7. The predicted octanol–water partition coefficient (Wildman–Crippen LogP) is 11.2.